The molecule has 1 saturated heterocycles. The number of hydrogen-bond acceptors (Lipinski definition) is 3. The number of benzene rings is 1. The zero-order chi connectivity index (χ0) is 18.5. The zero-order valence-corrected chi connectivity index (χ0v) is 17.3. The third kappa shape index (κ3) is 5.35. The number of hydrogen-bond donors (Lipinski definition) is 0. The van der Waals surface area contributed by atoms with Crippen LogP contribution in [0.25, 0.3) is 0 Å². The molecule has 6 heteroatoms. The fourth-order valence-corrected chi connectivity index (χ4v) is 3.63. The lowest BCUT2D eigenvalue weighted by Gasteiger charge is -2.32. The average molecular weight is 440 g/mol. The molecule has 0 atom stereocenters. The second-order valence-electron chi connectivity index (χ2n) is 6.98. The van der Waals surface area contributed by atoms with Crippen molar-refractivity contribution in [1.82, 2.24) is 9.80 Å². The van der Waals surface area contributed by atoms with E-state index in [4.69, 9.17) is 16.0 Å². The molecule has 0 spiro atoms. The van der Waals surface area contributed by atoms with E-state index in [1.54, 1.807) is 12.1 Å². The Kier molecular flexibility index (Phi) is 6.79. The van der Waals surface area contributed by atoms with Gasteiger partial charge >= 0.3 is 0 Å². The van der Waals surface area contributed by atoms with Gasteiger partial charge in [-0.05, 0) is 77.6 Å². The molecule has 1 amide bonds. The van der Waals surface area contributed by atoms with Gasteiger partial charge in [0.15, 0.2) is 10.4 Å². The van der Waals surface area contributed by atoms with Crippen molar-refractivity contribution in [3.8, 4) is 0 Å². The van der Waals surface area contributed by atoms with Crippen LogP contribution in [0.5, 0.6) is 0 Å². The molecule has 3 rings (SSSR count). The van der Waals surface area contributed by atoms with Gasteiger partial charge < -0.3 is 14.2 Å². The van der Waals surface area contributed by atoms with Crippen LogP contribution in [0.3, 0.4) is 0 Å². The van der Waals surface area contributed by atoms with Gasteiger partial charge in [-0.3, -0.25) is 4.79 Å². The molecule has 2 heterocycles. The van der Waals surface area contributed by atoms with Gasteiger partial charge in [-0.1, -0.05) is 30.7 Å². The van der Waals surface area contributed by atoms with E-state index in [9.17, 15) is 4.79 Å². The topological polar surface area (TPSA) is 36.7 Å². The lowest BCUT2D eigenvalue weighted by atomic mass is 9.99. The molecule has 0 unspecified atom stereocenters. The summed E-state index contributed by atoms with van der Waals surface area (Å²) in [6.07, 6.45) is 2.46. The van der Waals surface area contributed by atoms with Crippen molar-refractivity contribution in [2.75, 3.05) is 26.2 Å². The molecule has 0 bridgehead atoms. The predicted octanol–water partition coefficient (Wildman–Crippen LogP) is 5.07. The molecule has 0 saturated carbocycles. The number of rotatable bonds is 6. The van der Waals surface area contributed by atoms with E-state index in [1.165, 1.54) is 12.8 Å². The monoisotopic (exact) mass is 438 g/mol. The summed E-state index contributed by atoms with van der Waals surface area (Å²) in [6.45, 7) is 6.62. The molecule has 0 N–H and O–H groups in total. The van der Waals surface area contributed by atoms with Crippen LogP contribution in [0.2, 0.25) is 5.02 Å². The van der Waals surface area contributed by atoms with Gasteiger partial charge in [-0.15, -0.1) is 0 Å². The van der Waals surface area contributed by atoms with E-state index >= 15 is 0 Å². The van der Waals surface area contributed by atoms with Crippen LogP contribution >= 0.6 is 27.5 Å². The lowest BCUT2D eigenvalue weighted by Crippen LogP contribution is -2.41. The highest BCUT2D eigenvalue weighted by atomic mass is 79.9. The summed E-state index contributed by atoms with van der Waals surface area (Å²) in [6, 6.07) is 11.1. The Balaban J connectivity index is 1.68. The number of furan rings is 1. The third-order valence-electron chi connectivity index (χ3n) is 4.92. The summed E-state index contributed by atoms with van der Waals surface area (Å²) in [5.41, 5.74) is 1.06. The molecular weight excluding hydrogens is 416 g/mol. The minimum absolute atomic E-state index is 0.0870. The second-order valence-corrected chi connectivity index (χ2v) is 8.20. The van der Waals surface area contributed by atoms with Gasteiger partial charge in [0.25, 0.3) is 5.91 Å². The van der Waals surface area contributed by atoms with Crippen molar-refractivity contribution in [2.45, 2.75) is 26.3 Å². The highest BCUT2D eigenvalue weighted by Gasteiger charge is 2.22. The zero-order valence-electron chi connectivity index (χ0n) is 15.0. The quantitative estimate of drug-likeness (QED) is 0.630. The van der Waals surface area contributed by atoms with Crippen LogP contribution < -0.4 is 0 Å². The molecule has 1 aliphatic rings. The first-order valence-electron chi connectivity index (χ1n) is 9.02. The number of halogens is 2. The Labute approximate surface area is 168 Å². The largest absolute Gasteiger partial charge is 0.444 e. The molecule has 26 heavy (non-hydrogen) atoms. The first-order chi connectivity index (χ1) is 12.5. The molecule has 1 aromatic carbocycles. The Morgan fingerprint density at radius 3 is 2.54 bits per heavy atom. The van der Waals surface area contributed by atoms with Crippen LogP contribution in [-0.2, 0) is 6.54 Å². The van der Waals surface area contributed by atoms with Crippen molar-refractivity contribution in [3.63, 3.8) is 0 Å². The maximum atomic E-state index is 12.9. The smallest absolute Gasteiger partial charge is 0.289 e. The standard InChI is InChI=1S/C20H24BrClN2O2/c1-15-8-10-23(11-9-15)12-13-24(14-16-2-4-17(22)5-3-16)20(25)18-6-7-19(21)26-18/h2-7,15H,8-14H2,1H3. The number of amides is 1. The minimum atomic E-state index is -0.0870. The lowest BCUT2D eigenvalue weighted by molar-refractivity contribution is 0.0676. The summed E-state index contributed by atoms with van der Waals surface area (Å²) in [7, 11) is 0. The highest BCUT2D eigenvalue weighted by molar-refractivity contribution is 9.10. The fraction of sp³-hybridized carbons (Fsp3) is 0.450. The van der Waals surface area contributed by atoms with Crippen molar-refractivity contribution in [1.29, 1.82) is 0 Å². The van der Waals surface area contributed by atoms with Crippen molar-refractivity contribution in [2.24, 2.45) is 5.92 Å². The number of nitrogens with zero attached hydrogens (tertiary/aromatic N) is 2. The second kappa shape index (κ2) is 9.07. The first-order valence-corrected chi connectivity index (χ1v) is 10.2. The maximum absolute atomic E-state index is 12.9. The van der Waals surface area contributed by atoms with Crippen LogP contribution in [0, 0.1) is 5.92 Å². The Bertz CT molecular complexity index is 724. The van der Waals surface area contributed by atoms with Gasteiger partial charge in [-0.2, -0.15) is 0 Å². The van der Waals surface area contributed by atoms with E-state index in [0.29, 0.717) is 28.5 Å². The molecule has 1 aromatic heterocycles. The van der Waals surface area contributed by atoms with Gasteiger partial charge in [0.2, 0.25) is 0 Å². The first kappa shape index (κ1) is 19.5. The normalized spacial score (nSPS) is 16.0. The van der Waals surface area contributed by atoms with Crippen molar-refractivity contribution >= 4 is 33.4 Å². The summed E-state index contributed by atoms with van der Waals surface area (Å²) in [5.74, 6) is 1.08. The van der Waals surface area contributed by atoms with E-state index in [1.807, 2.05) is 29.2 Å². The third-order valence-corrected chi connectivity index (χ3v) is 5.60. The van der Waals surface area contributed by atoms with Gasteiger partial charge in [-0.25, -0.2) is 0 Å². The molecular formula is C20H24BrClN2O2. The van der Waals surface area contributed by atoms with E-state index in [2.05, 4.69) is 27.8 Å². The van der Waals surface area contributed by atoms with Gasteiger partial charge in [0, 0.05) is 24.7 Å². The SMILES string of the molecule is CC1CCN(CCN(Cc2ccc(Cl)cc2)C(=O)c2ccc(Br)o2)CC1. The Hall–Kier alpha value is -1.30. The van der Waals surface area contributed by atoms with Crippen molar-refractivity contribution < 1.29 is 9.21 Å². The van der Waals surface area contributed by atoms with Gasteiger partial charge in [0.1, 0.15) is 0 Å². The number of likely N-dealkylation sites (tertiary alicyclic amines) is 1. The number of carbonyl (C=O) groups is 1. The fourth-order valence-electron chi connectivity index (χ4n) is 3.20. The van der Waals surface area contributed by atoms with E-state index in [0.717, 1.165) is 31.1 Å². The van der Waals surface area contributed by atoms with Crippen LogP contribution in [-0.4, -0.2) is 41.9 Å². The molecule has 140 valence electrons. The van der Waals surface area contributed by atoms with Crippen LogP contribution in [0.1, 0.15) is 35.9 Å². The summed E-state index contributed by atoms with van der Waals surface area (Å²) in [5, 5.41) is 0.698. The van der Waals surface area contributed by atoms with E-state index < -0.39 is 0 Å². The average Bonchev–Trinajstić information content (AvgIpc) is 3.07. The Morgan fingerprint density at radius 2 is 1.92 bits per heavy atom. The molecule has 1 aliphatic heterocycles. The van der Waals surface area contributed by atoms with Crippen LogP contribution in [0.15, 0.2) is 45.5 Å². The van der Waals surface area contributed by atoms with E-state index in [-0.39, 0.29) is 5.91 Å². The molecule has 0 aliphatic carbocycles. The summed E-state index contributed by atoms with van der Waals surface area (Å²) < 4.78 is 6.05. The van der Waals surface area contributed by atoms with Gasteiger partial charge in [0.05, 0.1) is 0 Å². The predicted molar refractivity (Wildman–Crippen MR) is 107 cm³/mol. The van der Waals surface area contributed by atoms with Crippen molar-refractivity contribution in [3.05, 3.63) is 57.4 Å². The molecule has 0 radical (unpaired) electrons. The number of carbonyl (C=O) groups excluding carboxylic acids is 1. The Morgan fingerprint density at radius 1 is 1.23 bits per heavy atom. The minimum Gasteiger partial charge on any atom is -0.444 e. The summed E-state index contributed by atoms with van der Waals surface area (Å²) >= 11 is 9.25. The molecule has 4 nitrogen and oxygen atoms in total. The summed E-state index contributed by atoms with van der Waals surface area (Å²) in [4.78, 5) is 17.2. The number of piperidine rings is 1. The van der Waals surface area contributed by atoms with Crippen LogP contribution in [0.4, 0.5) is 0 Å². The maximum Gasteiger partial charge on any atom is 0.289 e. The molecule has 1 fully saturated rings. The highest BCUT2D eigenvalue weighted by Crippen LogP contribution is 2.19. The molecule has 2 aromatic rings.